The van der Waals surface area contributed by atoms with Crippen molar-refractivity contribution < 1.29 is 23.7 Å². The molecule has 0 bridgehead atoms. The monoisotopic (exact) mass is 482 g/mol. The average Bonchev–Trinajstić information content (AvgIpc) is 2.89. The lowest BCUT2D eigenvalue weighted by Crippen LogP contribution is -2.43. The van der Waals surface area contributed by atoms with Crippen molar-refractivity contribution in [2.24, 2.45) is 5.41 Å². The maximum Gasteiger partial charge on any atom is 0.255 e. The molecule has 4 rings (SSSR count). The second kappa shape index (κ2) is 12.3. The average molecular weight is 483 g/mol. The number of hydrogen-bond acceptors (Lipinski definition) is 6. The zero-order valence-corrected chi connectivity index (χ0v) is 21.0. The Kier molecular flexibility index (Phi) is 8.88. The fourth-order valence-corrected chi connectivity index (χ4v) is 5.12. The molecule has 2 heterocycles. The quantitative estimate of drug-likeness (QED) is 0.701. The molecule has 0 unspecified atom stereocenters. The molecule has 1 saturated heterocycles. The van der Waals surface area contributed by atoms with E-state index in [1.165, 1.54) is 0 Å². The first kappa shape index (κ1) is 25.3. The lowest BCUT2D eigenvalue weighted by Gasteiger charge is -2.42. The molecule has 0 aromatic heterocycles. The van der Waals surface area contributed by atoms with Crippen molar-refractivity contribution in [3.8, 4) is 17.2 Å². The van der Waals surface area contributed by atoms with Gasteiger partial charge in [-0.1, -0.05) is 30.7 Å². The van der Waals surface area contributed by atoms with Crippen molar-refractivity contribution in [3.63, 3.8) is 0 Å². The summed E-state index contributed by atoms with van der Waals surface area (Å²) < 4.78 is 23.2. The van der Waals surface area contributed by atoms with Gasteiger partial charge in [-0.25, -0.2) is 0 Å². The summed E-state index contributed by atoms with van der Waals surface area (Å²) in [5.41, 5.74) is 1.81. The molecule has 2 aromatic rings. The molecular formula is C28H38N2O5. The largest absolute Gasteiger partial charge is 0.493 e. The molecule has 190 valence electrons. The maximum atomic E-state index is 12.7. The number of para-hydroxylation sites is 2. The molecule has 7 nitrogen and oxygen atoms in total. The summed E-state index contributed by atoms with van der Waals surface area (Å²) in [6.45, 7) is 5.19. The van der Waals surface area contributed by atoms with E-state index in [0.717, 1.165) is 75.4 Å². The molecule has 2 aliphatic heterocycles. The van der Waals surface area contributed by atoms with Gasteiger partial charge in [-0.2, -0.15) is 0 Å². The molecule has 0 atom stereocenters. The third-order valence-electron chi connectivity index (χ3n) is 7.24. The number of ether oxygens (including phenoxy) is 4. The van der Waals surface area contributed by atoms with Crippen LogP contribution in [0.2, 0.25) is 0 Å². The third kappa shape index (κ3) is 6.47. The van der Waals surface area contributed by atoms with Crippen LogP contribution in [0.5, 0.6) is 17.2 Å². The fourth-order valence-electron chi connectivity index (χ4n) is 5.12. The number of amides is 1. The van der Waals surface area contributed by atoms with Gasteiger partial charge in [-0.3, -0.25) is 9.69 Å². The molecule has 0 saturated carbocycles. The van der Waals surface area contributed by atoms with E-state index in [4.69, 9.17) is 18.9 Å². The summed E-state index contributed by atoms with van der Waals surface area (Å²) in [4.78, 5) is 15.2. The first-order valence-electron chi connectivity index (χ1n) is 12.6. The smallest absolute Gasteiger partial charge is 0.255 e. The van der Waals surface area contributed by atoms with E-state index < -0.39 is 0 Å². The van der Waals surface area contributed by atoms with E-state index in [1.807, 2.05) is 36.4 Å². The van der Waals surface area contributed by atoms with Crippen molar-refractivity contribution in [1.82, 2.24) is 10.2 Å². The number of benzene rings is 2. The van der Waals surface area contributed by atoms with E-state index in [0.29, 0.717) is 31.1 Å². The second-order valence-electron chi connectivity index (χ2n) is 9.54. The number of rotatable bonds is 4. The number of carbonyl (C=O) groups is 1. The van der Waals surface area contributed by atoms with Crippen molar-refractivity contribution >= 4 is 5.91 Å². The zero-order chi connectivity index (χ0) is 24.5. The van der Waals surface area contributed by atoms with Gasteiger partial charge in [-0.15, -0.1) is 0 Å². The van der Waals surface area contributed by atoms with Crippen LogP contribution in [0.4, 0.5) is 0 Å². The Bertz CT molecular complexity index is 972. The molecule has 1 fully saturated rings. The van der Waals surface area contributed by atoms with E-state index in [-0.39, 0.29) is 11.3 Å². The van der Waals surface area contributed by atoms with Crippen LogP contribution >= 0.6 is 0 Å². The third-order valence-corrected chi connectivity index (χ3v) is 7.24. The summed E-state index contributed by atoms with van der Waals surface area (Å²) in [5.74, 6) is 2.12. The highest BCUT2D eigenvalue weighted by molar-refractivity contribution is 5.96. The normalized spacial score (nSPS) is 19.7. The minimum atomic E-state index is -0.114. The van der Waals surface area contributed by atoms with Gasteiger partial charge >= 0.3 is 0 Å². The predicted octanol–water partition coefficient (Wildman–Crippen LogP) is 4.30. The number of nitrogens with one attached hydrogen (secondary N) is 1. The van der Waals surface area contributed by atoms with Gasteiger partial charge in [0.05, 0.1) is 33.0 Å². The van der Waals surface area contributed by atoms with E-state index >= 15 is 0 Å². The van der Waals surface area contributed by atoms with Gasteiger partial charge in [0.1, 0.15) is 5.75 Å². The molecule has 1 spiro atoms. The molecule has 1 N–H and O–H groups in total. The van der Waals surface area contributed by atoms with Crippen LogP contribution in [0.25, 0.3) is 0 Å². The number of likely N-dealkylation sites (tertiary alicyclic amines) is 1. The van der Waals surface area contributed by atoms with Crippen LogP contribution in [0.1, 0.15) is 48.0 Å². The van der Waals surface area contributed by atoms with Crippen molar-refractivity contribution in [3.05, 3.63) is 53.6 Å². The summed E-state index contributed by atoms with van der Waals surface area (Å²) in [7, 11) is 3.37. The Labute approximate surface area is 208 Å². The highest BCUT2D eigenvalue weighted by atomic mass is 16.5. The Hall–Kier alpha value is -2.77. The summed E-state index contributed by atoms with van der Waals surface area (Å²) in [6, 6.07) is 13.6. The standard InChI is InChI=1S/C28H38N2O5/c1-32-25-11-7-8-22(26(25)33-2)20-30-16-13-28(14-17-30)12-5-6-18-34-19-15-29-27(31)23-9-3-4-10-24(23)35-21-28/h3-4,7-11H,5-6,12-21H2,1-2H3,(H,29,31). The summed E-state index contributed by atoms with van der Waals surface area (Å²) in [5, 5.41) is 2.94. The Morgan fingerprint density at radius 3 is 2.60 bits per heavy atom. The second-order valence-corrected chi connectivity index (χ2v) is 9.54. The maximum absolute atomic E-state index is 12.7. The van der Waals surface area contributed by atoms with Crippen molar-refractivity contribution in [2.45, 2.75) is 38.6 Å². The first-order chi connectivity index (χ1) is 17.1. The lowest BCUT2D eigenvalue weighted by atomic mass is 9.75. The molecule has 2 aliphatic rings. The number of fused-ring (bicyclic) bond motifs is 1. The van der Waals surface area contributed by atoms with Crippen LogP contribution in [0.15, 0.2) is 42.5 Å². The van der Waals surface area contributed by atoms with Gasteiger partial charge in [0, 0.05) is 30.7 Å². The van der Waals surface area contributed by atoms with Crippen molar-refractivity contribution in [2.75, 3.05) is 53.7 Å². The number of carbonyl (C=O) groups excluding carboxylic acids is 1. The molecule has 1 amide bonds. The molecule has 7 heteroatoms. The predicted molar refractivity (Wildman–Crippen MR) is 135 cm³/mol. The van der Waals surface area contributed by atoms with Crippen LogP contribution < -0.4 is 19.5 Å². The van der Waals surface area contributed by atoms with E-state index in [2.05, 4.69) is 16.3 Å². The minimum absolute atomic E-state index is 0.0860. The minimum Gasteiger partial charge on any atom is -0.493 e. The van der Waals surface area contributed by atoms with Crippen LogP contribution in [-0.4, -0.2) is 64.5 Å². The Morgan fingerprint density at radius 2 is 1.80 bits per heavy atom. The van der Waals surface area contributed by atoms with Gasteiger partial charge in [0.25, 0.3) is 5.91 Å². The van der Waals surface area contributed by atoms with Gasteiger partial charge < -0.3 is 24.3 Å². The lowest BCUT2D eigenvalue weighted by molar-refractivity contribution is 0.0381. The van der Waals surface area contributed by atoms with E-state index in [1.54, 1.807) is 14.2 Å². The number of nitrogens with zero attached hydrogens (tertiary/aromatic N) is 1. The van der Waals surface area contributed by atoms with Crippen LogP contribution in [-0.2, 0) is 11.3 Å². The van der Waals surface area contributed by atoms with E-state index in [9.17, 15) is 4.79 Å². The molecule has 0 radical (unpaired) electrons. The summed E-state index contributed by atoms with van der Waals surface area (Å²) >= 11 is 0. The van der Waals surface area contributed by atoms with Crippen LogP contribution in [0, 0.1) is 5.41 Å². The van der Waals surface area contributed by atoms with Crippen LogP contribution in [0.3, 0.4) is 0 Å². The Morgan fingerprint density at radius 1 is 0.971 bits per heavy atom. The van der Waals surface area contributed by atoms with Gasteiger partial charge in [0.2, 0.25) is 0 Å². The molecule has 2 aromatic carbocycles. The van der Waals surface area contributed by atoms with Gasteiger partial charge in [-0.05, 0) is 57.0 Å². The SMILES string of the molecule is COc1cccc(CN2CCC3(CCCCOCCNC(=O)c4ccccc4OC3)CC2)c1OC. The fraction of sp³-hybridized carbons (Fsp3) is 0.536. The number of hydrogen-bond donors (Lipinski definition) is 1. The zero-order valence-electron chi connectivity index (χ0n) is 21.0. The molecule has 35 heavy (non-hydrogen) atoms. The molecule has 0 aliphatic carbocycles. The highest BCUT2D eigenvalue weighted by Gasteiger charge is 2.35. The first-order valence-corrected chi connectivity index (χ1v) is 12.6. The summed E-state index contributed by atoms with van der Waals surface area (Å²) in [6.07, 6.45) is 5.34. The molecular weight excluding hydrogens is 444 g/mol. The number of methoxy groups -OCH3 is 2. The topological polar surface area (TPSA) is 69.3 Å². The highest BCUT2D eigenvalue weighted by Crippen LogP contribution is 2.39. The Balaban J connectivity index is 1.45. The number of piperidine rings is 1. The van der Waals surface area contributed by atoms with Crippen molar-refractivity contribution in [1.29, 1.82) is 0 Å². The van der Waals surface area contributed by atoms with Gasteiger partial charge in [0.15, 0.2) is 11.5 Å².